The lowest BCUT2D eigenvalue weighted by atomic mass is 9.82. The summed E-state index contributed by atoms with van der Waals surface area (Å²) >= 11 is 0. The van der Waals surface area contributed by atoms with Crippen LogP contribution in [0.3, 0.4) is 0 Å². The van der Waals surface area contributed by atoms with Crippen LogP contribution in [0.2, 0.25) is 0 Å². The number of fused-ring (bicyclic) bond motifs is 5. The average Bonchev–Trinajstić information content (AvgIpc) is 3.46. The van der Waals surface area contributed by atoms with Crippen LogP contribution in [-0.4, -0.2) is 0 Å². The monoisotopic (exact) mass is 693 g/mol. The van der Waals surface area contributed by atoms with Crippen LogP contribution in [-0.2, 0) is 5.41 Å². The average molecular weight is 694 g/mol. The first kappa shape index (κ1) is 31.9. The Morgan fingerprint density at radius 1 is 0.352 bits per heavy atom. The Morgan fingerprint density at radius 3 is 1.50 bits per heavy atom. The predicted octanol–water partition coefficient (Wildman–Crippen LogP) is 14.4. The van der Waals surface area contributed by atoms with Crippen molar-refractivity contribution in [3.8, 4) is 22.3 Å². The Morgan fingerprint density at radius 2 is 0.833 bits per heavy atom. The highest BCUT2D eigenvalue weighted by Crippen LogP contribution is 2.55. The molecule has 1 aliphatic heterocycles. The maximum Gasteiger partial charge on any atom is 0.0709 e. The number of nitrogens with zero attached hydrogens (tertiary/aromatic N) is 3. The van der Waals surface area contributed by atoms with E-state index in [0.29, 0.717) is 0 Å². The Kier molecular flexibility index (Phi) is 7.48. The smallest absolute Gasteiger partial charge is 0.0709 e. The molecule has 2 aliphatic rings. The second-order valence-electron chi connectivity index (χ2n) is 14.7. The molecule has 1 aliphatic carbocycles. The van der Waals surface area contributed by atoms with Crippen LogP contribution < -0.4 is 14.7 Å². The Hall–Kier alpha value is -6.84. The highest BCUT2D eigenvalue weighted by atomic mass is 15.3. The molecule has 0 unspecified atom stereocenters. The van der Waals surface area contributed by atoms with Gasteiger partial charge >= 0.3 is 0 Å². The van der Waals surface area contributed by atoms with E-state index in [9.17, 15) is 0 Å². The van der Waals surface area contributed by atoms with Gasteiger partial charge in [0.2, 0.25) is 0 Å². The molecule has 0 saturated heterocycles. The maximum atomic E-state index is 2.40. The third kappa shape index (κ3) is 5.12. The molecule has 3 heteroatoms. The molecule has 0 bridgehead atoms. The van der Waals surface area contributed by atoms with Gasteiger partial charge in [0.25, 0.3) is 0 Å². The standard InChI is InChI=1S/C51H39N3/c1-51(2)45-23-13-12-22-43(45)44-32-31-42(35-46(44)51)52(38-16-6-3-7-17-38)41-29-26-36(27-30-41)37-28-33-49-50(34-37)54(40-20-10-5-11-21-40)48-25-15-14-24-47(48)53(49)39-18-8-4-9-19-39/h3-35H,1-2H3. The van der Waals surface area contributed by atoms with Crippen molar-refractivity contribution in [2.45, 2.75) is 19.3 Å². The first-order chi connectivity index (χ1) is 26.6. The van der Waals surface area contributed by atoms with Crippen LogP contribution in [0.4, 0.5) is 51.2 Å². The molecule has 10 rings (SSSR count). The van der Waals surface area contributed by atoms with Crippen molar-refractivity contribution < 1.29 is 0 Å². The molecule has 1 heterocycles. The van der Waals surface area contributed by atoms with Gasteiger partial charge in [-0.05, 0) is 118 Å². The van der Waals surface area contributed by atoms with Gasteiger partial charge in [0, 0.05) is 33.9 Å². The maximum absolute atomic E-state index is 2.40. The summed E-state index contributed by atoms with van der Waals surface area (Å²) in [7, 11) is 0. The topological polar surface area (TPSA) is 9.72 Å². The molecule has 0 amide bonds. The predicted molar refractivity (Wildman–Crippen MR) is 227 cm³/mol. The first-order valence-electron chi connectivity index (χ1n) is 18.7. The number of anilines is 9. The van der Waals surface area contributed by atoms with Crippen LogP contribution in [0.15, 0.2) is 200 Å². The van der Waals surface area contributed by atoms with E-state index in [1.165, 1.54) is 27.8 Å². The van der Waals surface area contributed by atoms with Gasteiger partial charge in [-0.25, -0.2) is 0 Å². The number of hydrogen-bond acceptors (Lipinski definition) is 3. The summed E-state index contributed by atoms with van der Waals surface area (Å²) in [4.78, 5) is 7.15. The largest absolute Gasteiger partial charge is 0.310 e. The lowest BCUT2D eigenvalue weighted by Crippen LogP contribution is -2.24. The summed E-state index contributed by atoms with van der Waals surface area (Å²) in [6.45, 7) is 4.69. The van der Waals surface area contributed by atoms with Crippen LogP contribution >= 0.6 is 0 Å². The molecule has 54 heavy (non-hydrogen) atoms. The minimum Gasteiger partial charge on any atom is -0.310 e. The molecule has 0 spiro atoms. The van der Waals surface area contributed by atoms with Gasteiger partial charge in [0.05, 0.1) is 22.7 Å². The lowest BCUT2D eigenvalue weighted by molar-refractivity contribution is 0.660. The second kappa shape index (κ2) is 12.7. The molecule has 8 aromatic rings. The number of hydrogen-bond donors (Lipinski definition) is 0. The zero-order chi connectivity index (χ0) is 36.2. The lowest BCUT2D eigenvalue weighted by Gasteiger charge is -2.40. The van der Waals surface area contributed by atoms with Gasteiger partial charge in [0.1, 0.15) is 0 Å². The van der Waals surface area contributed by atoms with E-state index in [1.807, 2.05) is 0 Å². The van der Waals surface area contributed by atoms with E-state index in [2.05, 4.69) is 229 Å². The van der Waals surface area contributed by atoms with Gasteiger partial charge in [-0.15, -0.1) is 0 Å². The summed E-state index contributed by atoms with van der Waals surface area (Å²) in [6.07, 6.45) is 0. The molecule has 3 nitrogen and oxygen atoms in total. The third-order valence-electron chi connectivity index (χ3n) is 11.1. The zero-order valence-corrected chi connectivity index (χ0v) is 30.4. The molecule has 0 aromatic heterocycles. The van der Waals surface area contributed by atoms with Gasteiger partial charge in [0.15, 0.2) is 0 Å². The van der Waals surface area contributed by atoms with Gasteiger partial charge in [-0.2, -0.15) is 0 Å². The van der Waals surface area contributed by atoms with Crippen molar-refractivity contribution in [2.24, 2.45) is 0 Å². The Labute approximate surface area is 317 Å². The van der Waals surface area contributed by atoms with Crippen molar-refractivity contribution in [1.29, 1.82) is 0 Å². The van der Waals surface area contributed by atoms with Gasteiger partial charge in [-0.3, -0.25) is 0 Å². The van der Waals surface area contributed by atoms with Crippen molar-refractivity contribution >= 4 is 51.2 Å². The number of benzene rings is 8. The summed E-state index contributed by atoms with van der Waals surface area (Å²) in [6, 6.07) is 72.5. The fourth-order valence-electron chi connectivity index (χ4n) is 8.54. The second-order valence-corrected chi connectivity index (χ2v) is 14.7. The van der Waals surface area contributed by atoms with E-state index in [-0.39, 0.29) is 5.41 Å². The van der Waals surface area contributed by atoms with E-state index in [0.717, 1.165) is 56.7 Å². The third-order valence-corrected chi connectivity index (χ3v) is 11.1. The zero-order valence-electron chi connectivity index (χ0n) is 30.4. The van der Waals surface area contributed by atoms with E-state index < -0.39 is 0 Å². The highest BCUT2D eigenvalue weighted by molar-refractivity contribution is 6.02. The summed E-state index contributed by atoms with van der Waals surface area (Å²) in [5, 5.41) is 0. The van der Waals surface area contributed by atoms with E-state index >= 15 is 0 Å². The molecule has 8 aromatic carbocycles. The van der Waals surface area contributed by atoms with Crippen LogP contribution in [0.1, 0.15) is 25.0 Å². The van der Waals surface area contributed by atoms with Gasteiger partial charge in [-0.1, -0.05) is 129 Å². The van der Waals surface area contributed by atoms with Crippen molar-refractivity contribution in [2.75, 3.05) is 14.7 Å². The quantitative estimate of drug-likeness (QED) is 0.172. The highest BCUT2D eigenvalue weighted by Gasteiger charge is 2.36. The molecular weight excluding hydrogens is 655 g/mol. The summed E-state index contributed by atoms with van der Waals surface area (Å²) < 4.78 is 0. The van der Waals surface area contributed by atoms with Crippen LogP contribution in [0, 0.1) is 0 Å². The normalized spacial score (nSPS) is 13.4. The van der Waals surface area contributed by atoms with E-state index in [1.54, 1.807) is 0 Å². The molecule has 0 N–H and O–H groups in total. The minimum absolute atomic E-state index is 0.0785. The SMILES string of the molecule is CC1(C)c2ccccc2-c2ccc(N(c3ccccc3)c3ccc(-c4ccc5c(c4)N(c4ccccc4)c4ccccc4N5c4ccccc4)cc3)cc21. The summed E-state index contributed by atoms with van der Waals surface area (Å²) in [5.74, 6) is 0. The molecular formula is C51H39N3. The molecule has 0 atom stereocenters. The van der Waals surface area contributed by atoms with Gasteiger partial charge < -0.3 is 14.7 Å². The molecule has 0 fully saturated rings. The molecule has 258 valence electrons. The Bertz CT molecular complexity index is 2630. The molecule has 0 radical (unpaired) electrons. The van der Waals surface area contributed by atoms with Crippen LogP contribution in [0.25, 0.3) is 22.3 Å². The van der Waals surface area contributed by atoms with Crippen molar-refractivity contribution in [3.63, 3.8) is 0 Å². The molecule has 0 saturated carbocycles. The van der Waals surface area contributed by atoms with Crippen LogP contribution in [0.5, 0.6) is 0 Å². The van der Waals surface area contributed by atoms with E-state index in [4.69, 9.17) is 0 Å². The fourth-order valence-corrected chi connectivity index (χ4v) is 8.54. The minimum atomic E-state index is -0.0785. The first-order valence-corrected chi connectivity index (χ1v) is 18.7. The fraction of sp³-hybridized carbons (Fsp3) is 0.0588. The Balaban J connectivity index is 1.07. The number of rotatable bonds is 6. The van der Waals surface area contributed by atoms with Crippen molar-refractivity contribution in [3.05, 3.63) is 211 Å². The summed E-state index contributed by atoms with van der Waals surface area (Å²) in [5.41, 5.74) is 17.9. The van der Waals surface area contributed by atoms with Crippen molar-refractivity contribution in [1.82, 2.24) is 0 Å². The number of para-hydroxylation sites is 5.